The van der Waals surface area contributed by atoms with E-state index in [1.165, 1.54) is 21.0 Å². The minimum Gasteiger partial charge on any atom is -0.288 e. The summed E-state index contributed by atoms with van der Waals surface area (Å²) >= 11 is 0. The van der Waals surface area contributed by atoms with Crippen molar-refractivity contribution in [3.63, 3.8) is 0 Å². The van der Waals surface area contributed by atoms with E-state index in [9.17, 15) is 5.21 Å². The van der Waals surface area contributed by atoms with Crippen molar-refractivity contribution >= 4 is 29.5 Å². The second-order valence-electron chi connectivity index (χ2n) is 7.01. The Kier molecular flexibility index (Phi) is 5.22. The van der Waals surface area contributed by atoms with Crippen LogP contribution in [0.5, 0.6) is 0 Å². The van der Waals surface area contributed by atoms with E-state index in [0.717, 1.165) is 5.69 Å². The third kappa shape index (κ3) is 4.10. The average Bonchev–Trinajstić information content (AvgIpc) is 2.63. The summed E-state index contributed by atoms with van der Waals surface area (Å²) in [5.74, 6) is 0. The molecule has 0 saturated carbocycles. The molecule has 2 nitrogen and oxygen atoms in total. The number of hydroxylamine groups is 1. The Bertz CT molecular complexity index is 773. The topological polar surface area (TPSA) is 23.5 Å². The van der Waals surface area contributed by atoms with Crippen molar-refractivity contribution in [3.8, 4) is 0 Å². The number of hydrogen-bond donors (Lipinski definition) is 1. The fourth-order valence-electron chi connectivity index (χ4n) is 2.75. The minimum atomic E-state index is -0.661. The molecule has 0 fully saturated rings. The van der Waals surface area contributed by atoms with Crippen LogP contribution in [0.2, 0.25) is 0 Å². The number of hydrogen-bond acceptors (Lipinski definition) is 2. The monoisotopic (exact) mass is 349 g/mol. The van der Waals surface area contributed by atoms with Crippen LogP contribution in [0.15, 0.2) is 84.9 Å². The van der Waals surface area contributed by atoms with Gasteiger partial charge in [0.1, 0.15) is 0 Å². The van der Waals surface area contributed by atoms with Gasteiger partial charge in [0.15, 0.2) is 0 Å². The summed E-state index contributed by atoms with van der Waals surface area (Å²) in [5, 5.41) is 15.7. The van der Waals surface area contributed by atoms with Crippen molar-refractivity contribution in [1.82, 2.24) is 0 Å². The molecule has 25 heavy (non-hydrogen) atoms. The second kappa shape index (κ2) is 7.39. The molecule has 0 spiro atoms. The van der Waals surface area contributed by atoms with Gasteiger partial charge in [0.2, 0.25) is 0 Å². The average molecular weight is 349 g/mol. The van der Waals surface area contributed by atoms with Crippen molar-refractivity contribution in [2.75, 3.05) is 5.06 Å². The standard InChI is InChI=1S/C22H24NOP/c1-22(2,3)23(24)18-11-10-16-21(17-18)25(19-12-6-4-7-13-19)20-14-8-5-9-15-20/h4-17,24H,1-3H3. The SMILES string of the molecule is CC(C)(C)N(O)c1cccc(P(c2ccccc2)c2ccccc2)c1. The van der Waals surface area contributed by atoms with Gasteiger partial charge in [-0.1, -0.05) is 72.8 Å². The molecule has 0 radical (unpaired) electrons. The summed E-state index contributed by atoms with van der Waals surface area (Å²) in [4.78, 5) is 0. The second-order valence-corrected chi connectivity index (χ2v) is 9.23. The zero-order valence-corrected chi connectivity index (χ0v) is 15.8. The van der Waals surface area contributed by atoms with E-state index >= 15 is 0 Å². The summed E-state index contributed by atoms with van der Waals surface area (Å²) < 4.78 is 0. The molecule has 0 heterocycles. The fourth-order valence-corrected chi connectivity index (χ4v) is 5.08. The first kappa shape index (κ1) is 17.7. The molecule has 0 aliphatic carbocycles. The van der Waals surface area contributed by atoms with Gasteiger partial charge in [-0.05, 0) is 56.7 Å². The van der Waals surface area contributed by atoms with Gasteiger partial charge in [-0.2, -0.15) is 0 Å². The van der Waals surface area contributed by atoms with Crippen LogP contribution in [0.4, 0.5) is 5.69 Å². The highest BCUT2D eigenvalue weighted by Crippen LogP contribution is 2.34. The predicted octanol–water partition coefficient (Wildman–Crippen LogP) is 4.44. The third-order valence-electron chi connectivity index (χ3n) is 4.00. The van der Waals surface area contributed by atoms with Gasteiger partial charge in [0.05, 0.1) is 11.2 Å². The molecule has 3 aromatic carbocycles. The molecule has 0 atom stereocenters. The molecule has 0 aromatic heterocycles. The van der Waals surface area contributed by atoms with Gasteiger partial charge in [0, 0.05) is 0 Å². The predicted molar refractivity (Wildman–Crippen MR) is 109 cm³/mol. The van der Waals surface area contributed by atoms with Crippen LogP contribution in [-0.4, -0.2) is 10.7 Å². The highest BCUT2D eigenvalue weighted by atomic mass is 31.1. The Morgan fingerprint density at radius 3 is 1.64 bits per heavy atom. The highest BCUT2D eigenvalue weighted by Gasteiger charge is 2.22. The Balaban J connectivity index is 2.09. The maximum atomic E-state index is 10.5. The van der Waals surface area contributed by atoms with E-state index in [2.05, 4.69) is 60.7 Å². The smallest absolute Gasteiger partial charge is 0.0646 e. The molecule has 3 aromatic rings. The van der Waals surface area contributed by atoms with E-state index in [4.69, 9.17) is 0 Å². The number of benzene rings is 3. The lowest BCUT2D eigenvalue weighted by Gasteiger charge is -2.32. The zero-order valence-electron chi connectivity index (χ0n) is 14.9. The van der Waals surface area contributed by atoms with Crippen LogP contribution in [0.3, 0.4) is 0 Å². The Morgan fingerprint density at radius 1 is 0.680 bits per heavy atom. The molecule has 3 rings (SSSR count). The molecule has 0 bridgehead atoms. The van der Waals surface area contributed by atoms with Gasteiger partial charge in [0.25, 0.3) is 0 Å². The molecule has 0 amide bonds. The van der Waals surface area contributed by atoms with Crippen molar-refractivity contribution in [1.29, 1.82) is 0 Å². The summed E-state index contributed by atoms with van der Waals surface area (Å²) in [5.41, 5.74) is 0.477. The van der Waals surface area contributed by atoms with Crippen molar-refractivity contribution < 1.29 is 5.21 Å². The maximum absolute atomic E-state index is 10.5. The van der Waals surface area contributed by atoms with Gasteiger partial charge < -0.3 is 0 Å². The molecule has 128 valence electrons. The van der Waals surface area contributed by atoms with E-state index in [1.807, 2.05) is 45.0 Å². The Hall–Kier alpha value is -2.15. The molecular weight excluding hydrogens is 325 g/mol. The van der Waals surface area contributed by atoms with E-state index < -0.39 is 7.92 Å². The largest absolute Gasteiger partial charge is 0.288 e. The van der Waals surface area contributed by atoms with Gasteiger partial charge in [-0.15, -0.1) is 0 Å². The van der Waals surface area contributed by atoms with Crippen LogP contribution in [0.1, 0.15) is 20.8 Å². The van der Waals surface area contributed by atoms with Crippen LogP contribution in [0, 0.1) is 0 Å². The number of nitrogens with zero attached hydrogens (tertiary/aromatic N) is 1. The molecule has 1 N–H and O–H groups in total. The zero-order chi connectivity index (χ0) is 17.9. The summed E-state index contributed by atoms with van der Waals surface area (Å²) in [6.45, 7) is 5.99. The first-order valence-electron chi connectivity index (χ1n) is 8.46. The van der Waals surface area contributed by atoms with Gasteiger partial charge in [-0.3, -0.25) is 10.3 Å². The van der Waals surface area contributed by atoms with Crippen LogP contribution < -0.4 is 21.0 Å². The molecular formula is C22H24NOP. The van der Waals surface area contributed by atoms with E-state index in [-0.39, 0.29) is 5.54 Å². The van der Waals surface area contributed by atoms with Crippen LogP contribution >= 0.6 is 7.92 Å². The van der Waals surface area contributed by atoms with Crippen LogP contribution in [0.25, 0.3) is 0 Å². The van der Waals surface area contributed by atoms with Crippen LogP contribution in [-0.2, 0) is 0 Å². The number of anilines is 1. The lowest BCUT2D eigenvalue weighted by molar-refractivity contribution is 0.181. The quantitative estimate of drug-likeness (QED) is 0.556. The molecule has 0 aliphatic rings. The fraction of sp³-hybridized carbons (Fsp3) is 0.182. The van der Waals surface area contributed by atoms with Crippen molar-refractivity contribution in [2.45, 2.75) is 26.3 Å². The van der Waals surface area contributed by atoms with E-state index in [1.54, 1.807) is 0 Å². The number of rotatable bonds is 4. The van der Waals surface area contributed by atoms with Crippen molar-refractivity contribution in [3.05, 3.63) is 84.9 Å². The molecule has 3 heteroatoms. The normalized spacial score (nSPS) is 11.6. The molecule has 0 unspecified atom stereocenters. The molecule has 0 aliphatic heterocycles. The first-order valence-corrected chi connectivity index (χ1v) is 9.80. The van der Waals surface area contributed by atoms with Gasteiger partial charge in [-0.25, -0.2) is 0 Å². The summed E-state index contributed by atoms with van der Waals surface area (Å²) in [6, 6.07) is 29.4. The van der Waals surface area contributed by atoms with Crippen molar-refractivity contribution in [2.24, 2.45) is 0 Å². The lowest BCUT2D eigenvalue weighted by atomic mass is 10.1. The first-order chi connectivity index (χ1) is 12.0. The third-order valence-corrected chi connectivity index (χ3v) is 6.42. The Labute approximate surface area is 151 Å². The highest BCUT2D eigenvalue weighted by molar-refractivity contribution is 7.79. The Morgan fingerprint density at radius 2 is 1.16 bits per heavy atom. The molecule has 0 saturated heterocycles. The van der Waals surface area contributed by atoms with Gasteiger partial charge >= 0.3 is 0 Å². The summed E-state index contributed by atoms with van der Waals surface area (Å²) in [7, 11) is -0.661. The maximum Gasteiger partial charge on any atom is 0.0646 e. The minimum absolute atomic E-state index is 0.346. The summed E-state index contributed by atoms with van der Waals surface area (Å²) in [6.07, 6.45) is 0. The lowest BCUT2D eigenvalue weighted by Crippen LogP contribution is -2.39. The van der Waals surface area contributed by atoms with E-state index in [0.29, 0.717) is 0 Å².